The van der Waals surface area contributed by atoms with Crippen LogP contribution in [0.25, 0.3) is 17.1 Å². The van der Waals surface area contributed by atoms with Gasteiger partial charge in [-0.3, -0.25) is 0 Å². The number of benzene rings is 1. The number of hydrogen-bond acceptors (Lipinski definition) is 2. The minimum absolute atomic E-state index is 0.546. The molecule has 0 fully saturated rings. The molecule has 0 aliphatic carbocycles. The van der Waals surface area contributed by atoms with E-state index in [1.165, 1.54) is 0 Å². The van der Waals surface area contributed by atoms with Gasteiger partial charge in [-0.15, -0.1) is 0 Å². The third-order valence-corrected chi connectivity index (χ3v) is 3.60. The average molecular weight is 307 g/mol. The predicted molar refractivity (Wildman–Crippen MR) is 80.8 cm³/mol. The summed E-state index contributed by atoms with van der Waals surface area (Å²) in [5, 5.41) is 5.53. The smallest absolute Gasteiger partial charge is 0.153 e. The van der Waals surface area contributed by atoms with E-state index in [9.17, 15) is 0 Å². The molecule has 3 nitrogen and oxygen atoms in total. The highest BCUT2D eigenvalue weighted by Crippen LogP contribution is 2.31. The first-order valence-electron chi connectivity index (χ1n) is 6.13. The van der Waals surface area contributed by atoms with Crippen molar-refractivity contribution >= 4 is 23.2 Å². The van der Waals surface area contributed by atoms with Crippen molar-refractivity contribution in [1.29, 1.82) is 0 Å². The molecule has 0 amide bonds. The number of aryl methyl sites for hydroxylation is 2. The van der Waals surface area contributed by atoms with Gasteiger partial charge in [-0.1, -0.05) is 23.2 Å². The number of furan rings is 1. The normalized spacial score (nSPS) is 11.0. The molecule has 0 unspecified atom stereocenters. The summed E-state index contributed by atoms with van der Waals surface area (Å²) in [6, 6.07) is 9.19. The molecule has 3 aromatic rings. The molecular weight excluding hydrogens is 295 g/mol. The summed E-state index contributed by atoms with van der Waals surface area (Å²) >= 11 is 12.2. The second-order valence-electron chi connectivity index (χ2n) is 4.59. The van der Waals surface area contributed by atoms with Crippen LogP contribution in [-0.4, -0.2) is 9.78 Å². The van der Waals surface area contributed by atoms with E-state index in [0.717, 1.165) is 28.5 Å². The van der Waals surface area contributed by atoms with E-state index >= 15 is 0 Å². The average Bonchev–Trinajstić information content (AvgIpc) is 2.96. The Kier molecular flexibility index (Phi) is 3.32. The van der Waals surface area contributed by atoms with Gasteiger partial charge in [0.2, 0.25) is 0 Å². The number of hydrogen-bond donors (Lipinski definition) is 0. The van der Waals surface area contributed by atoms with Crippen LogP contribution in [0.15, 0.2) is 40.9 Å². The monoisotopic (exact) mass is 306 g/mol. The first-order valence-corrected chi connectivity index (χ1v) is 6.88. The molecule has 0 N–H and O–H groups in total. The molecule has 5 heteroatoms. The van der Waals surface area contributed by atoms with Crippen LogP contribution in [0, 0.1) is 13.8 Å². The van der Waals surface area contributed by atoms with Gasteiger partial charge in [-0.2, -0.15) is 5.10 Å². The topological polar surface area (TPSA) is 31.0 Å². The molecule has 20 heavy (non-hydrogen) atoms. The van der Waals surface area contributed by atoms with E-state index in [2.05, 4.69) is 5.10 Å². The molecule has 0 saturated heterocycles. The molecule has 0 radical (unpaired) electrons. The molecule has 2 aromatic heterocycles. The zero-order valence-electron chi connectivity index (χ0n) is 11.0. The lowest BCUT2D eigenvalue weighted by molar-refractivity contribution is 0.543. The van der Waals surface area contributed by atoms with E-state index in [1.54, 1.807) is 23.0 Å². The molecule has 0 aliphatic heterocycles. The van der Waals surface area contributed by atoms with E-state index in [4.69, 9.17) is 27.6 Å². The fourth-order valence-corrected chi connectivity index (χ4v) is 2.61. The molecule has 0 atom stereocenters. The van der Waals surface area contributed by atoms with Crippen molar-refractivity contribution in [2.45, 2.75) is 13.8 Å². The molecular formula is C15H12Cl2N2O. The lowest BCUT2D eigenvalue weighted by atomic mass is 10.2. The molecule has 0 aliphatic rings. The highest BCUT2D eigenvalue weighted by atomic mass is 35.5. The zero-order valence-corrected chi connectivity index (χ0v) is 12.5. The summed E-state index contributed by atoms with van der Waals surface area (Å²) in [6.07, 6.45) is 1.79. The maximum absolute atomic E-state index is 6.26. The van der Waals surface area contributed by atoms with Crippen LogP contribution in [0.3, 0.4) is 0 Å². The van der Waals surface area contributed by atoms with Crippen molar-refractivity contribution in [3.8, 4) is 17.1 Å². The second kappa shape index (κ2) is 5.00. The Morgan fingerprint density at radius 3 is 2.55 bits per heavy atom. The van der Waals surface area contributed by atoms with Gasteiger partial charge >= 0.3 is 0 Å². The van der Waals surface area contributed by atoms with Crippen LogP contribution >= 0.6 is 23.2 Å². The van der Waals surface area contributed by atoms with Gasteiger partial charge in [0.05, 0.1) is 16.9 Å². The standard InChI is InChI=1S/C15H12Cl2N2O/c1-9-8-18-19(13-5-4-11(16)7-12(13)17)15(9)14-6-3-10(2)20-14/h3-8H,1-2H3. The Morgan fingerprint density at radius 2 is 1.90 bits per heavy atom. The number of nitrogens with zero attached hydrogens (tertiary/aromatic N) is 2. The van der Waals surface area contributed by atoms with Gasteiger partial charge < -0.3 is 4.42 Å². The number of halogens is 2. The maximum atomic E-state index is 6.26. The van der Waals surface area contributed by atoms with E-state index < -0.39 is 0 Å². The third kappa shape index (κ3) is 2.23. The molecule has 2 heterocycles. The zero-order chi connectivity index (χ0) is 14.3. The minimum atomic E-state index is 0.546. The van der Waals surface area contributed by atoms with Gasteiger partial charge in [0.1, 0.15) is 11.5 Å². The van der Waals surface area contributed by atoms with Crippen LogP contribution in [0.1, 0.15) is 11.3 Å². The van der Waals surface area contributed by atoms with Crippen molar-refractivity contribution in [1.82, 2.24) is 9.78 Å². The fraction of sp³-hybridized carbons (Fsp3) is 0.133. The van der Waals surface area contributed by atoms with Crippen molar-refractivity contribution in [2.75, 3.05) is 0 Å². The maximum Gasteiger partial charge on any atom is 0.153 e. The Hall–Kier alpha value is -1.71. The number of rotatable bonds is 2. The van der Waals surface area contributed by atoms with Crippen LogP contribution in [0.2, 0.25) is 10.0 Å². The van der Waals surface area contributed by atoms with Gasteiger partial charge in [-0.25, -0.2) is 4.68 Å². The Morgan fingerprint density at radius 1 is 1.10 bits per heavy atom. The highest BCUT2D eigenvalue weighted by molar-refractivity contribution is 6.35. The molecule has 0 saturated carbocycles. The van der Waals surface area contributed by atoms with E-state index in [1.807, 2.05) is 32.0 Å². The van der Waals surface area contributed by atoms with Crippen LogP contribution in [0.5, 0.6) is 0 Å². The predicted octanol–water partition coefficient (Wildman–Crippen LogP) is 5.06. The highest BCUT2D eigenvalue weighted by Gasteiger charge is 2.16. The minimum Gasteiger partial charge on any atom is -0.460 e. The van der Waals surface area contributed by atoms with Gasteiger partial charge in [-0.05, 0) is 49.7 Å². The molecule has 1 aromatic carbocycles. The summed E-state index contributed by atoms with van der Waals surface area (Å²) in [4.78, 5) is 0. The third-order valence-electron chi connectivity index (χ3n) is 3.06. The molecule has 0 spiro atoms. The lowest BCUT2D eigenvalue weighted by Crippen LogP contribution is -1.99. The SMILES string of the molecule is Cc1ccc(-c2c(C)cnn2-c2ccc(Cl)cc2Cl)o1. The largest absolute Gasteiger partial charge is 0.460 e. The van der Waals surface area contributed by atoms with Crippen LogP contribution in [0.4, 0.5) is 0 Å². The van der Waals surface area contributed by atoms with Gasteiger partial charge in [0.15, 0.2) is 5.76 Å². The summed E-state index contributed by atoms with van der Waals surface area (Å²) in [5.41, 5.74) is 2.68. The van der Waals surface area contributed by atoms with Gasteiger partial charge in [0.25, 0.3) is 0 Å². The van der Waals surface area contributed by atoms with E-state index in [0.29, 0.717) is 10.0 Å². The Balaban J connectivity index is 2.20. The summed E-state index contributed by atoms with van der Waals surface area (Å²) < 4.78 is 7.47. The van der Waals surface area contributed by atoms with Crippen molar-refractivity contribution < 1.29 is 4.42 Å². The van der Waals surface area contributed by atoms with Crippen LogP contribution in [-0.2, 0) is 0 Å². The Bertz CT molecular complexity index is 774. The summed E-state index contributed by atoms with van der Waals surface area (Å²) in [7, 11) is 0. The fourth-order valence-electron chi connectivity index (χ4n) is 2.13. The molecule has 102 valence electrons. The number of aromatic nitrogens is 2. The lowest BCUT2D eigenvalue weighted by Gasteiger charge is -2.09. The van der Waals surface area contributed by atoms with E-state index in [-0.39, 0.29) is 0 Å². The summed E-state index contributed by atoms with van der Waals surface area (Å²) in [6.45, 7) is 3.90. The first kappa shape index (κ1) is 13.3. The van der Waals surface area contributed by atoms with Crippen molar-refractivity contribution in [3.05, 3.63) is 57.9 Å². The quantitative estimate of drug-likeness (QED) is 0.663. The molecule has 3 rings (SSSR count). The molecule has 0 bridgehead atoms. The second-order valence-corrected chi connectivity index (χ2v) is 5.44. The summed E-state index contributed by atoms with van der Waals surface area (Å²) in [5.74, 6) is 1.62. The van der Waals surface area contributed by atoms with Crippen molar-refractivity contribution in [3.63, 3.8) is 0 Å². The first-order chi connectivity index (χ1) is 9.56. The Labute approximate surface area is 126 Å². The van der Waals surface area contributed by atoms with Crippen LogP contribution < -0.4 is 0 Å². The van der Waals surface area contributed by atoms with Crippen molar-refractivity contribution in [2.24, 2.45) is 0 Å². The van der Waals surface area contributed by atoms with Gasteiger partial charge in [0, 0.05) is 5.02 Å².